The van der Waals surface area contributed by atoms with Crippen LogP contribution in [0.15, 0.2) is 259 Å². The van der Waals surface area contributed by atoms with Crippen molar-refractivity contribution in [2.75, 3.05) is 0 Å². The van der Waals surface area contributed by atoms with E-state index in [9.17, 15) is 5.11 Å². The SMILES string of the molecule is Oc1ccccc1-c1nc2c(-c3[c-]c(-c4nc5ccccc5n4-c4ccccc4-c4ccccc4)c4oc5cc(-c6ccccc6-c6ccccc6)ccc5c4c3)cccc2n1-c1ccccc1-c1ccccc1.[Pt]. The molecule has 3 heterocycles. The van der Waals surface area contributed by atoms with Crippen molar-refractivity contribution in [2.24, 2.45) is 0 Å². The van der Waals surface area contributed by atoms with E-state index < -0.39 is 0 Å². The number of aromatic nitrogens is 4. The second-order valence-electron chi connectivity index (χ2n) is 18.5. The number of phenols is 1. The molecule has 0 amide bonds. The van der Waals surface area contributed by atoms with E-state index in [0.29, 0.717) is 28.4 Å². The minimum atomic E-state index is 0. The van der Waals surface area contributed by atoms with Crippen LogP contribution in [-0.4, -0.2) is 24.2 Å². The van der Waals surface area contributed by atoms with Crippen molar-refractivity contribution in [2.45, 2.75) is 0 Å². The Kier molecular flexibility index (Phi) is 11.5. The summed E-state index contributed by atoms with van der Waals surface area (Å²) in [5.74, 6) is 1.45. The van der Waals surface area contributed by atoms with Crippen LogP contribution in [0.3, 0.4) is 0 Å². The van der Waals surface area contributed by atoms with Gasteiger partial charge in [-0.1, -0.05) is 206 Å². The van der Waals surface area contributed by atoms with Crippen LogP contribution in [0.2, 0.25) is 0 Å². The van der Waals surface area contributed by atoms with Crippen LogP contribution in [0, 0.1) is 6.07 Å². The number of phenolic OH excluding ortho intramolecular Hbond substituents is 1. The Balaban J connectivity index is 0.00000541. The third-order valence-electron chi connectivity index (χ3n) is 14.2. The van der Waals surface area contributed by atoms with Gasteiger partial charge >= 0.3 is 0 Å². The van der Waals surface area contributed by atoms with Crippen LogP contribution in [0.4, 0.5) is 0 Å². The maximum absolute atomic E-state index is 11.5. The Hall–Kier alpha value is -9.35. The second kappa shape index (κ2) is 18.9. The fraction of sp³-hybridized carbons (Fsp3) is 0. The predicted octanol–water partition coefficient (Wildman–Crippen LogP) is 17.4. The zero-order valence-corrected chi connectivity index (χ0v) is 42.5. The van der Waals surface area contributed by atoms with Crippen molar-refractivity contribution < 1.29 is 30.6 Å². The molecule has 0 saturated carbocycles. The summed E-state index contributed by atoms with van der Waals surface area (Å²) in [6, 6.07) is 91.6. The van der Waals surface area contributed by atoms with Gasteiger partial charge in [0.15, 0.2) is 0 Å². The molecule has 0 atom stereocenters. The van der Waals surface area contributed by atoms with Gasteiger partial charge in [0.1, 0.15) is 17.2 Å². The number of furan rings is 1. The summed E-state index contributed by atoms with van der Waals surface area (Å²) in [7, 11) is 0. The van der Waals surface area contributed by atoms with E-state index in [1.54, 1.807) is 6.07 Å². The van der Waals surface area contributed by atoms with Crippen LogP contribution in [0.5, 0.6) is 5.75 Å². The molecule has 14 rings (SSSR count). The number of hydrogen-bond donors (Lipinski definition) is 1. The number of hydrogen-bond acceptors (Lipinski definition) is 4. The number of benzene rings is 11. The number of fused-ring (bicyclic) bond motifs is 5. The molecular formula is C68H43N4O2Pt-. The summed E-state index contributed by atoms with van der Waals surface area (Å²) in [6.07, 6.45) is 0. The molecule has 11 aromatic carbocycles. The van der Waals surface area contributed by atoms with Gasteiger partial charge in [-0.3, -0.25) is 9.55 Å². The first-order valence-corrected chi connectivity index (χ1v) is 24.8. The first-order chi connectivity index (χ1) is 36.6. The molecule has 0 unspecified atom stereocenters. The standard InChI is InChI=1S/C68H43N4O2.Pt/c73-63-38-19-14-31-55(63)67-70-65-53(32-20-37-62(65)72(67)60-35-17-13-30-52(60)46-25-8-3-9-26-46)48-41-56-54-40-39-47(50-28-11-10-27-49(50)44-21-4-1-5-22-44)43-64(54)74-66(56)57(42-48)68-69-58-33-15-18-36-61(58)71(68)59-34-16-12-29-51(59)45-23-6-2-7-24-45;/h1-41,43,73H;/q-1;. The topological polar surface area (TPSA) is 69.0 Å². The normalized spacial score (nSPS) is 11.4. The molecule has 0 radical (unpaired) electrons. The van der Waals surface area contributed by atoms with Crippen LogP contribution in [-0.2, 0) is 21.1 Å². The van der Waals surface area contributed by atoms with Gasteiger partial charge in [-0.05, 0) is 92.9 Å². The van der Waals surface area contributed by atoms with Crippen LogP contribution in [0.1, 0.15) is 0 Å². The van der Waals surface area contributed by atoms with Gasteiger partial charge in [0, 0.05) is 43.3 Å². The molecule has 0 fully saturated rings. The summed E-state index contributed by atoms with van der Waals surface area (Å²) in [4.78, 5) is 11.0. The molecule has 0 spiro atoms. The first kappa shape index (κ1) is 45.5. The number of aromatic hydroxyl groups is 1. The van der Waals surface area contributed by atoms with Crippen molar-refractivity contribution in [1.29, 1.82) is 0 Å². The number of nitrogens with zero attached hydrogens (tertiary/aromatic N) is 4. The third-order valence-corrected chi connectivity index (χ3v) is 14.2. The van der Waals surface area contributed by atoms with Crippen LogP contribution >= 0.6 is 0 Å². The Bertz CT molecular complexity index is 4440. The third kappa shape index (κ3) is 7.78. The molecule has 0 saturated heterocycles. The predicted molar refractivity (Wildman–Crippen MR) is 302 cm³/mol. The summed E-state index contributed by atoms with van der Waals surface area (Å²) in [5, 5.41) is 13.4. The first-order valence-electron chi connectivity index (χ1n) is 24.8. The Labute approximate surface area is 447 Å². The van der Waals surface area contributed by atoms with E-state index in [0.717, 1.165) is 105 Å². The smallest absolute Gasteiger partial charge is 0.148 e. The van der Waals surface area contributed by atoms with Gasteiger partial charge in [-0.15, -0.1) is 17.7 Å². The minimum Gasteiger partial charge on any atom is -0.507 e. The molecule has 75 heavy (non-hydrogen) atoms. The zero-order valence-electron chi connectivity index (χ0n) is 40.2. The Morgan fingerprint density at radius 2 is 0.893 bits per heavy atom. The van der Waals surface area contributed by atoms with Gasteiger partial charge in [0.05, 0.1) is 44.7 Å². The van der Waals surface area contributed by atoms with Gasteiger partial charge < -0.3 is 14.1 Å². The summed E-state index contributed by atoms with van der Waals surface area (Å²) < 4.78 is 11.6. The second-order valence-corrected chi connectivity index (χ2v) is 18.5. The zero-order chi connectivity index (χ0) is 49.1. The Morgan fingerprint density at radius 1 is 0.387 bits per heavy atom. The van der Waals surface area contributed by atoms with Gasteiger partial charge in [-0.25, -0.2) is 4.98 Å². The van der Waals surface area contributed by atoms with E-state index in [1.807, 2.05) is 42.5 Å². The van der Waals surface area contributed by atoms with Crippen LogP contribution in [0.25, 0.3) is 134 Å². The molecule has 7 heteroatoms. The van der Waals surface area contributed by atoms with Crippen molar-refractivity contribution in [3.8, 4) is 95.5 Å². The number of imidazole rings is 2. The number of rotatable bonds is 9. The van der Waals surface area contributed by atoms with E-state index in [2.05, 4.69) is 221 Å². The van der Waals surface area contributed by atoms with Crippen LogP contribution < -0.4 is 0 Å². The fourth-order valence-electron chi connectivity index (χ4n) is 10.8. The van der Waals surface area contributed by atoms with E-state index >= 15 is 0 Å². The molecule has 0 aliphatic rings. The van der Waals surface area contributed by atoms with Gasteiger partial charge in [0.2, 0.25) is 0 Å². The molecule has 6 nitrogen and oxygen atoms in total. The Morgan fingerprint density at radius 3 is 1.55 bits per heavy atom. The molecule has 0 bridgehead atoms. The molecule has 14 aromatic rings. The van der Waals surface area contributed by atoms with E-state index in [1.165, 1.54) is 0 Å². The average Bonchev–Trinajstić information content (AvgIpc) is 4.18. The number of para-hydroxylation sites is 6. The summed E-state index contributed by atoms with van der Waals surface area (Å²) in [5.41, 5.74) is 18.5. The maximum Gasteiger partial charge on any atom is 0.148 e. The monoisotopic (exact) mass is 1140 g/mol. The van der Waals surface area contributed by atoms with Gasteiger partial charge in [0.25, 0.3) is 0 Å². The van der Waals surface area contributed by atoms with Crippen molar-refractivity contribution in [3.63, 3.8) is 0 Å². The van der Waals surface area contributed by atoms with Gasteiger partial charge in [-0.2, -0.15) is 0 Å². The summed E-state index contributed by atoms with van der Waals surface area (Å²) >= 11 is 0. The molecular weight excluding hydrogens is 1100 g/mol. The minimum absolute atomic E-state index is 0. The average molecular weight is 1140 g/mol. The quantitative estimate of drug-likeness (QED) is 0.146. The molecule has 3 aromatic heterocycles. The largest absolute Gasteiger partial charge is 0.507 e. The van der Waals surface area contributed by atoms with Crippen molar-refractivity contribution in [1.82, 2.24) is 19.1 Å². The van der Waals surface area contributed by atoms with Crippen molar-refractivity contribution >= 4 is 44.0 Å². The van der Waals surface area contributed by atoms with E-state index in [-0.39, 0.29) is 26.8 Å². The molecule has 358 valence electrons. The summed E-state index contributed by atoms with van der Waals surface area (Å²) in [6.45, 7) is 0. The molecule has 0 aliphatic heterocycles. The fourth-order valence-corrected chi connectivity index (χ4v) is 10.8. The molecule has 1 N–H and O–H groups in total. The maximum atomic E-state index is 11.5. The van der Waals surface area contributed by atoms with Crippen molar-refractivity contribution in [3.05, 3.63) is 261 Å². The molecule has 0 aliphatic carbocycles. The van der Waals surface area contributed by atoms with E-state index in [4.69, 9.17) is 14.4 Å².